The molecule has 6 nitrogen and oxygen atoms in total. The third-order valence-electron chi connectivity index (χ3n) is 4.61. The molecule has 0 atom stereocenters. The number of nitrogens with zero attached hydrogens (tertiary/aromatic N) is 2. The van der Waals surface area contributed by atoms with Crippen LogP contribution in [0, 0.1) is 5.82 Å². The zero-order valence-corrected chi connectivity index (χ0v) is 15.6. The molecule has 7 heteroatoms. The van der Waals surface area contributed by atoms with Crippen LogP contribution in [0.25, 0.3) is 0 Å². The summed E-state index contributed by atoms with van der Waals surface area (Å²) in [6, 6.07) is 12.7. The SMILES string of the molecule is CN(Cc1ccccc1F)C(=O)COC(=O)c1ccc(N2CCCC2=O)cc1. The summed E-state index contributed by atoms with van der Waals surface area (Å²) in [5.74, 6) is -1.39. The van der Waals surface area contributed by atoms with Crippen LogP contribution in [0.4, 0.5) is 10.1 Å². The van der Waals surface area contributed by atoms with E-state index in [0.717, 1.165) is 12.1 Å². The summed E-state index contributed by atoms with van der Waals surface area (Å²) in [5, 5.41) is 0. The number of hydrogen-bond acceptors (Lipinski definition) is 4. The Morgan fingerprint density at radius 2 is 1.86 bits per heavy atom. The van der Waals surface area contributed by atoms with E-state index in [2.05, 4.69) is 0 Å². The van der Waals surface area contributed by atoms with E-state index >= 15 is 0 Å². The van der Waals surface area contributed by atoms with Crippen LogP contribution in [0.15, 0.2) is 48.5 Å². The van der Waals surface area contributed by atoms with Crippen LogP contribution in [0.5, 0.6) is 0 Å². The molecule has 1 aliphatic rings. The van der Waals surface area contributed by atoms with Crippen LogP contribution < -0.4 is 4.90 Å². The van der Waals surface area contributed by atoms with E-state index < -0.39 is 24.3 Å². The van der Waals surface area contributed by atoms with E-state index in [4.69, 9.17) is 4.74 Å². The Bertz CT molecular complexity index is 882. The predicted molar refractivity (Wildman–Crippen MR) is 101 cm³/mol. The number of benzene rings is 2. The third-order valence-corrected chi connectivity index (χ3v) is 4.61. The molecule has 1 heterocycles. The molecule has 3 rings (SSSR count). The van der Waals surface area contributed by atoms with Gasteiger partial charge in [-0.1, -0.05) is 18.2 Å². The van der Waals surface area contributed by atoms with Crippen molar-refractivity contribution in [3.8, 4) is 0 Å². The number of hydrogen-bond donors (Lipinski definition) is 0. The topological polar surface area (TPSA) is 66.9 Å². The van der Waals surface area contributed by atoms with Crippen molar-refractivity contribution >= 4 is 23.5 Å². The average Bonchev–Trinajstić information content (AvgIpc) is 3.13. The Kier molecular flexibility index (Phi) is 6.03. The summed E-state index contributed by atoms with van der Waals surface area (Å²) in [7, 11) is 1.52. The van der Waals surface area contributed by atoms with E-state index in [1.165, 1.54) is 18.0 Å². The molecule has 2 aromatic carbocycles. The summed E-state index contributed by atoms with van der Waals surface area (Å²) in [6.07, 6.45) is 1.36. The predicted octanol–water partition coefficient (Wildman–Crippen LogP) is 2.77. The molecule has 146 valence electrons. The molecule has 1 fully saturated rings. The van der Waals surface area contributed by atoms with Crippen molar-refractivity contribution in [2.75, 3.05) is 25.1 Å². The van der Waals surface area contributed by atoms with Crippen molar-refractivity contribution in [3.63, 3.8) is 0 Å². The molecular formula is C21H21FN2O4. The standard InChI is InChI=1S/C21H21FN2O4/c1-23(13-16-5-2-3-6-18(16)22)20(26)14-28-21(27)15-8-10-17(11-9-15)24-12-4-7-19(24)25/h2-3,5-6,8-11H,4,7,12-14H2,1H3. The number of anilines is 1. The van der Waals surface area contributed by atoms with Gasteiger partial charge in [-0.25, -0.2) is 9.18 Å². The highest BCUT2D eigenvalue weighted by Gasteiger charge is 2.22. The van der Waals surface area contributed by atoms with Crippen molar-refractivity contribution in [1.29, 1.82) is 0 Å². The number of carbonyl (C=O) groups is 3. The fourth-order valence-electron chi connectivity index (χ4n) is 2.99. The van der Waals surface area contributed by atoms with Crippen LogP contribution in [-0.2, 0) is 20.9 Å². The minimum atomic E-state index is -0.632. The van der Waals surface area contributed by atoms with Gasteiger partial charge in [0.15, 0.2) is 6.61 Å². The molecule has 0 bridgehead atoms. The number of ether oxygens (including phenoxy) is 1. The van der Waals surface area contributed by atoms with Gasteiger partial charge < -0.3 is 14.5 Å². The highest BCUT2D eigenvalue weighted by atomic mass is 19.1. The maximum absolute atomic E-state index is 13.7. The van der Waals surface area contributed by atoms with Crippen LogP contribution in [0.3, 0.4) is 0 Å². The fraction of sp³-hybridized carbons (Fsp3) is 0.286. The van der Waals surface area contributed by atoms with Gasteiger partial charge in [0.05, 0.1) is 5.56 Å². The monoisotopic (exact) mass is 384 g/mol. The lowest BCUT2D eigenvalue weighted by Gasteiger charge is -2.18. The highest BCUT2D eigenvalue weighted by Crippen LogP contribution is 2.21. The third kappa shape index (κ3) is 4.54. The Morgan fingerprint density at radius 1 is 1.14 bits per heavy atom. The molecule has 1 saturated heterocycles. The molecule has 0 saturated carbocycles. The minimum absolute atomic E-state index is 0.0683. The van der Waals surface area contributed by atoms with E-state index in [-0.39, 0.29) is 12.5 Å². The molecule has 0 radical (unpaired) electrons. The second-order valence-electron chi connectivity index (χ2n) is 6.61. The average molecular weight is 384 g/mol. The van der Waals surface area contributed by atoms with Gasteiger partial charge in [0, 0.05) is 37.8 Å². The lowest BCUT2D eigenvalue weighted by atomic mass is 10.2. The number of rotatable bonds is 6. The van der Waals surface area contributed by atoms with E-state index in [1.807, 2.05) is 0 Å². The molecule has 28 heavy (non-hydrogen) atoms. The maximum atomic E-state index is 13.7. The first-order valence-electron chi connectivity index (χ1n) is 9.00. The van der Waals surface area contributed by atoms with Crippen LogP contribution >= 0.6 is 0 Å². The number of halogens is 1. The number of carbonyl (C=O) groups excluding carboxylic acids is 3. The van der Waals surface area contributed by atoms with Gasteiger partial charge >= 0.3 is 5.97 Å². The fourth-order valence-corrected chi connectivity index (χ4v) is 2.99. The van der Waals surface area contributed by atoms with Gasteiger partial charge in [-0.15, -0.1) is 0 Å². The van der Waals surface area contributed by atoms with E-state index in [1.54, 1.807) is 47.4 Å². The molecule has 0 aliphatic carbocycles. The quantitative estimate of drug-likeness (QED) is 0.719. The second-order valence-corrected chi connectivity index (χ2v) is 6.61. The first kappa shape index (κ1) is 19.5. The van der Waals surface area contributed by atoms with Crippen molar-refractivity contribution in [1.82, 2.24) is 4.90 Å². The molecular weight excluding hydrogens is 363 g/mol. The van der Waals surface area contributed by atoms with Gasteiger partial charge in [-0.05, 0) is 36.8 Å². The molecule has 0 aromatic heterocycles. The molecule has 0 N–H and O–H groups in total. The zero-order chi connectivity index (χ0) is 20.1. The van der Waals surface area contributed by atoms with Gasteiger partial charge in [-0.3, -0.25) is 9.59 Å². The molecule has 2 amide bonds. The summed E-state index contributed by atoms with van der Waals surface area (Å²) in [4.78, 5) is 39.0. The Balaban J connectivity index is 1.52. The number of esters is 1. The van der Waals surface area contributed by atoms with Crippen molar-refractivity contribution < 1.29 is 23.5 Å². The summed E-state index contributed by atoms with van der Waals surface area (Å²) in [6.45, 7) is 0.323. The lowest BCUT2D eigenvalue weighted by molar-refractivity contribution is -0.133. The Morgan fingerprint density at radius 3 is 2.50 bits per heavy atom. The van der Waals surface area contributed by atoms with Crippen molar-refractivity contribution in [2.45, 2.75) is 19.4 Å². The smallest absolute Gasteiger partial charge is 0.338 e. The molecule has 2 aromatic rings. The van der Waals surface area contributed by atoms with Gasteiger partial charge in [0.1, 0.15) is 5.82 Å². The van der Waals surface area contributed by atoms with Gasteiger partial charge in [-0.2, -0.15) is 0 Å². The van der Waals surface area contributed by atoms with Gasteiger partial charge in [0.25, 0.3) is 5.91 Å². The molecule has 0 unspecified atom stereocenters. The Hall–Kier alpha value is -3.22. The first-order chi connectivity index (χ1) is 13.5. The normalized spacial score (nSPS) is 13.5. The molecule has 0 spiro atoms. The Labute approximate surface area is 162 Å². The summed E-state index contributed by atoms with van der Waals surface area (Å²) in [5.41, 5.74) is 1.41. The largest absolute Gasteiger partial charge is 0.452 e. The van der Waals surface area contributed by atoms with E-state index in [0.29, 0.717) is 24.1 Å². The van der Waals surface area contributed by atoms with Crippen LogP contribution in [0.2, 0.25) is 0 Å². The molecule has 1 aliphatic heterocycles. The lowest BCUT2D eigenvalue weighted by Crippen LogP contribution is -2.31. The number of amides is 2. The first-order valence-corrected chi connectivity index (χ1v) is 9.00. The second kappa shape index (κ2) is 8.65. The maximum Gasteiger partial charge on any atom is 0.338 e. The van der Waals surface area contributed by atoms with Crippen molar-refractivity contribution in [3.05, 3.63) is 65.5 Å². The summed E-state index contributed by atoms with van der Waals surface area (Å²) < 4.78 is 18.7. The highest BCUT2D eigenvalue weighted by molar-refractivity contribution is 5.96. The summed E-state index contributed by atoms with van der Waals surface area (Å²) >= 11 is 0. The van der Waals surface area contributed by atoms with Crippen molar-refractivity contribution in [2.24, 2.45) is 0 Å². The van der Waals surface area contributed by atoms with Gasteiger partial charge in [0.2, 0.25) is 5.91 Å². The number of likely N-dealkylation sites (N-methyl/N-ethyl adjacent to an activating group) is 1. The van der Waals surface area contributed by atoms with E-state index in [9.17, 15) is 18.8 Å². The van der Waals surface area contributed by atoms with Crippen LogP contribution in [-0.4, -0.2) is 42.9 Å². The van der Waals surface area contributed by atoms with Crippen LogP contribution in [0.1, 0.15) is 28.8 Å². The zero-order valence-electron chi connectivity index (χ0n) is 15.6. The minimum Gasteiger partial charge on any atom is -0.452 e.